The maximum Gasteiger partial charge on any atom is 0.253 e. The first kappa shape index (κ1) is 17.9. The van der Waals surface area contributed by atoms with Crippen molar-refractivity contribution in [1.29, 1.82) is 0 Å². The van der Waals surface area contributed by atoms with E-state index in [2.05, 4.69) is 11.8 Å². The van der Waals surface area contributed by atoms with Crippen molar-refractivity contribution in [3.63, 3.8) is 0 Å². The lowest BCUT2D eigenvalue weighted by Gasteiger charge is -2.27. The Kier molecular flexibility index (Phi) is 5.07. The largest absolute Gasteiger partial charge is 0.378 e. The summed E-state index contributed by atoms with van der Waals surface area (Å²) in [6.07, 6.45) is 1.58. The second kappa shape index (κ2) is 7.64. The number of hydrogen-bond donors (Lipinski definition) is 0. The molecule has 1 aromatic carbocycles. The molecule has 2 aliphatic rings. The number of hydrogen-bond acceptors (Lipinski definition) is 5. The van der Waals surface area contributed by atoms with Gasteiger partial charge in [-0.05, 0) is 38.0 Å². The van der Waals surface area contributed by atoms with Gasteiger partial charge in [0.1, 0.15) is 0 Å². The Morgan fingerprint density at radius 2 is 1.67 bits per heavy atom. The molecule has 0 radical (unpaired) electrons. The lowest BCUT2D eigenvalue weighted by Crippen LogP contribution is -2.37. The van der Waals surface area contributed by atoms with Crippen molar-refractivity contribution in [2.24, 2.45) is 0 Å². The molecular formula is C21H26N4O2. The first-order chi connectivity index (χ1) is 13.1. The second-order valence-electron chi connectivity index (χ2n) is 7.29. The molecule has 1 amide bonds. The van der Waals surface area contributed by atoms with E-state index >= 15 is 0 Å². The molecule has 1 fully saturated rings. The van der Waals surface area contributed by atoms with Crippen molar-refractivity contribution in [3.05, 3.63) is 52.3 Å². The topological polar surface area (TPSA) is 58.6 Å². The molecule has 0 N–H and O–H groups in total. The van der Waals surface area contributed by atoms with E-state index in [4.69, 9.17) is 14.7 Å². The van der Waals surface area contributed by atoms with Crippen LogP contribution >= 0.6 is 0 Å². The van der Waals surface area contributed by atoms with Crippen molar-refractivity contribution >= 4 is 11.9 Å². The van der Waals surface area contributed by atoms with E-state index in [0.29, 0.717) is 13.1 Å². The van der Waals surface area contributed by atoms with Gasteiger partial charge in [-0.1, -0.05) is 17.7 Å². The van der Waals surface area contributed by atoms with Crippen LogP contribution in [0.4, 0.5) is 5.95 Å². The van der Waals surface area contributed by atoms with E-state index < -0.39 is 0 Å². The van der Waals surface area contributed by atoms with Crippen molar-refractivity contribution in [3.8, 4) is 0 Å². The molecule has 0 bridgehead atoms. The van der Waals surface area contributed by atoms with Crippen LogP contribution in [0.25, 0.3) is 0 Å². The molecule has 6 heteroatoms. The number of nitrogens with zero attached hydrogens (tertiary/aromatic N) is 4. The van der Waals surface area contributed by atoms with Gasteiger partial charge >= 0.3 is 0 Å². The second-order valence-corrected chi connectivity index (χ2v) is 7.29. The highest BCUT2D eigenvalue weighted by molar-refractivity contribution is 5.94. The minimum absolute atomic E-state index is 0.0989. The summed E-state index contributed by atoms with van der Waals surface area (Å²) in [5.41, 5.74) is 5.24. The summed E-state index contributed by atoms with van der Waals surface area (Å²) in [5.74, 6) is 0.898. The molecule has 142 valence electrons. The molecule has 2 aromatic rings. The minimum atomic E-state index is 0.0989. The minimum Gasteiger partial charge on any atom is -0.378 e. The molecule has 0 aliphatic carbocycles. The maximum atomic E-state index is 12.9. The van der Waals surface area contributed by atoms with Gasteiger partial charge in [0.05, 0.1) is 18.9 Å². The smallest absolute Gasteiger partial charge is 0.253 e. The van der Waals surface area contributed by atoms with Crippen LogP contribution in [-0.2, 0) is 17.6 Å². The standard InChI is InChI=1S/C21H26N4O2/c1-15-3-5-17(6-4-15)20(26)24-9-7-18-16(2)22-21(23-19(18)8-10-24)25-11-13-27-14-12-25/h3-6H,7-14H2,1-2H3. The van der Waals surface area contributed by atoms with E-state index in [1.54, 1.807) is 0 Å². The van der Waals surface area contributed by atoms with Crippen molar-refractivity contribution in [2.75, 3.05) is 44.3 Å². The average Bonchev–Trinajstić information content (AvgIpc) is 2.92. The van der Waals surface area contributed by atoms with Gasteiger partial charge in [-0.2, -0.15) is 0 Å². The van der Waals surface area contributed by atoms with Crippen LogP contribution in [0.3, 0.4) is 0 Å². The zero-order valence-corrected chi connectivity index (χ0v) is 16.1. The van der Waals surface area contributed by atoms with Crippen LogP contribution in [0.5, 0.6) is 0 Å². The number of benzene rings is 1. The normalized spacial score (nSPS) is 17.4. The number of aromatic nitrogens is 2. The summed E-state index contributed by atoms with van der Waals surface area (Å²) < 4.78 is 5.43. The highest BCUT2D eigenvalue weighted by Gasteiger charge is 2.24. The van der Waals surface area contributed by atoms with Gasteiger partial charge < -0.3 is 14.5 Å². The highest BCUT2D eigenvalue weighted by Crippen LogP contribution is 2.22. The molecular weight excluding hydrogens is 340 g/mol. The Morgan fingerprint density at radius 1 is 0.963 bits per heavy atom. The zero-order chi connectivity index (χ0) is 18.8. The molecule has 27 heavy (non-hydrogen) atoms. The predicted octanol–water partition coefficient (Wildman–Crippen LogP) is 2.17. The van der Waals surface area contributed by atoms with E-state index in [9.17, 15) is 4.79 Å². The number of carbonyl (C=O) groups excluding carboxylic acids is 1. The number of amides is 1. The molecule has 0 spiro atoms. The Labute approximate surface area is 160 Å². The molecule has 1 saturated heterocycles. The van der Waals surface area contributed by atoms with Crippen molar-refractivity contribution in [2.45, 2.75) is 26.7 Å². The summed E-state index contributed by atoms with van der Waals surface area (Å²) >= 11 is 0. The monoisotopic (exact) mass is 366 g/mol. The van der Waals surface area contributed by atoms with Crippen LogP contribution in [0, 0.1) is 13.8 Å². The molecule has 2 aliphatic heterocycles. The fourth-order valence-corrected chi connectivity index (χ4v) is 3.76. The third-order valence-electron chi connectivity index (χ3n) is 5.42. The molecule has 6 nitrogen and oxygen atoms in total. The molecule has 4 rings (SSSR count). The number of fused-ring (bicyclic) bond motifs is 1. The number of aryl methyl sites for hydroxylation is 2. The first-order valence-corrected chi connectivity index (χ1v) is 9.67. The van der Waals surface area contributed by atoms with Gasteiger partial charge in [0.25, 0.3) is 5.91 Å². The Balaban J connectivity index is 1.53. The quantitative estimate of drug-likeness (QED) is 0.815. The summed E-state index contributed by atoms with van der Waals surface area (Å²) in [4.78, 5) is 26.6. The van der Waals surface area contributed by atoms with Crippen LogP contribution in [-0.4, -0.2) is 60.2 Å². The number of rotatable bonds is 2. The van der Waals surface area contributed by atoms with Gasteiger partial charge in [-0.15, -0.1) is 0 Å². The summed E-state index contributed by atoms with van der Waals surface area (Å²) in [5, 5.41) is 0. The SMILES string of the molecule is Cc1ccc(C(=O)N2CCc3nc(N4CCOCC4)nc(C)c3CC2)cc1. The van der Waals surface area contributed by atoms with E-state index in [1.165, 1.54) is 5.56 Å². The zero-order valence-electron chi connectivity index (χ0n) is 16.1. The maximum absolute atomic E-state index is 12.9. The lowest BCUT2D eigenvalue weighted by atomic mass is 10.1. The predicted molar refractivity (Wildman–Crippen MR) is 104 cm³/mol. The van der Waals surface area contributed by atoms with Gasteiger partial charge in [0, 0.05) is 43.9 Å². The molecule has 0 atom stereocenters. The number of anilines is 1. The fraction of sp³-hybridized carbons (Fsp3) is 0.476. The van der Waals surface area contributed by atoms with Crippen molar-refractivity contribution in [1.82, 2.24) is 14.9 Å². The fourth-order valence-electron chi connectivity index (χ4n) is 3.76. The third kappa shape index (κ3) is 3.81. The number of ether oxygens (including phenoxy) is 1. The van der Waals surface area contributed by atoms with E-state index in [-0.39, 0.29) is 5.91 Å². The average molecular weight is 366 g/mol. The highest BCUT2D eigenvalue weighted by atomic mass is 16.5. The Morgan fingerprint density at radius 3 is 2.41 bits per heavy atom. The van der Waals surface area contributed by atoms with Gasteiger partial charge in [-0.3, -0.25) is 4.79 Å². The Hall–Kier alpha value is -2.47. The first-order valence-electron chi connectivity index (χ1n) is 9.67. The summed E-state index contributed by atoms with van der Waals surface area (Å²) in [7, 11) is 0. The van der Waals surface area contributed by atoms with Crippen LogP contribution in [0.2, 0.25) is 0 Å². The van der Waals surface area contributed by atoms with Crippen molar-refractivity contribution < 1.29 is 9.53 Å². The third-order valence-corrected chi connectivity index (χ3v) is 5.42. The molecule has 1 aromatic heterocycles. The van der Waals surface area contributed by atoms with Crippen LogP contribution in [0.15, 0.2) is 24.3 Å². The summed E-state index contributed by atoms with van der Waals surface area (Å²) in [6, 6.07) is 7.81. The number of carbonyl (C=O) groups is 1. The molecule has 0 saturated carbocycles. The van der Waals surface area contributed by atoms with Gasteiger partial charge in [0.2, 0.25) is 5.95 Å². The number of morpholine rings is 1. The van der Waals surface area contributed by atoms with Crippen LogP contribution in [0.1, 0.15) is 32.9 Å². The molecule has 3 heterocycles. The van der Waals surface area contributed by atoms with Crippen LogP contribution < -0.4 is 4.90 Å². The van der Waals surface area contributed by atoms with Gasteiger partial charge in [-0.25, -0.2) is 9.97 Å². The van der Waals surface area contributed by atoms with E-state index in [0.717, 1.165) is 67.6 Å². The van der Waals surface area contributed by atoms with E-state index in [1.807, 2.05) is 36.1 Å². The Bertz CT molecular complexity index is 829. The lowest BCUT2D eigenvalue weighted by molar-refractivity contribution is 0.0763. The molecule has 0 unspecified atom stereocenters. The summed E-state index contributed by atoms with van der Waals surface area (Å²) in [6.45, 7) is 8.59. The van der Waals surface area contributed by atoms with Gasteiger partial charge in [0.15, 0.2) is 0 Å².